The minimum atomic E-state index is -0.175. The summed E-state index contributed by atoms with van der Waals surface area (Å²) >= 11 is 1.60. The van der Waals surface area contributed by atoms with Gasteiger partial charge in [-0.15, -0.1) is 0 Å². The highest BCUT2D eigenvalue weighted by Gasteiger charge is 2.02. The maximum absolute atomic E-state index is 13.3. The summed E-state index contributed by atoms with van der Waals surface area (Å²) in [5, 5.41) is 5.77. The number of benzene rings is 1. The van der Waals surface area contributed by atoms with Gasteiger partial charge in [0, 0.05) is 31.7 Å². The van der Waals surface area contributed by atoms with E-state index in [1.54, 1.807) is 31.0 Å². The molecule has 0 bridgehead atoms. The van der Waals surface area contributed by atoms with Gasteiger partial charge in [-0.1, -0.05) is 18.2 Å². The lowest BCUT2D eigenvalue weighted by atomic mass is 10.2. The number of nitrogens with one attached hydrogen (secondary N) is 2. The number of ether oxygens (including phenoxy) is 1. The van der Waals surface area contributed by atoms with Gasteiger partial charge in [-0.3, -0.25) is 4.79 Å². The Hall–Kier alpha value is -1.11. The fourth-order valence-corrected chi connectivity index (χ4v) is 2.34. The summed E-state index contributed by atoms with van der Waals surface area (Å²) in [5.74, 6) is 1.17. The van der Waals surface area contributed by atoms with E-state index in [2.05, 4.69) is 10.6 Å². The van der Waals surface area contributed by atoms with Gasteiger partial charge in [0.05, 0.1) is 13.2 Å². The fraction of sp³-hybridized carbons (Fsp3) is 0.500. The van der Waals surface area contributed by atoms with Gasteiger partial charge >= 0.3 is 0 Å². The molecule has 1 aromatic rings. The molecule has 0 aliphatic heterocycles. The van der Waals surface area contributed by atoms with Crippen LogP contribution in [0.1, 0.15) is 5.56 Å². The van der Waals surface area contributed by atoms with Crippen LogP contribution in [-0.2, 0) is 15.3 Å². The Labute approximate surface area is 123 Å². The number of amides is 1. The van der Waals surface area contributed by atoms with Crippen LogP contribution in [0.3, 0.4) is 0 Å². The summed E-state index contributed by atoms with van der Waals surface area (Å²) in [4.78, 5) is 11.4. The minimum absolute atomic E-state index is 0.0346. The molecule has 1 amide bonds. The summed E-state index contributed by atoms with van der Waals surface area (Å²) in [6.07, 6.45) is 0. The van der Waals surface area contributed by atoms with E-state index in [1.165, 1.54) is 6.07 Å². The largest absolute Gasteiger partial charge is 0.383 e. The van der Waals surface area contributed by atoms with Gasteiger partial charge in [0.15, 0.2) is 0 Å². The summed E-state index contributed by atoms with van der Waals surface area (Å²) in [6.45, 7) is 2.13. The smallest absolute Gasteiger partial charge is 0.233 e. The highest BCUT2D eigenvalue weighted by Crippen LogP contribution is 2.14. The molecule has 0 aromatic heterocycles. The van der Waals surface area contributed by atoms with Gasteiger partial charge in [-0.25, -0.2) is 4.39 Å². The second kappa shape index (κ2) is 10.7. The first-order chi connectivity index (χ1) is 9.74. The molecule has 0 aliphatic carbocycles. The fourth-order valence-electron chi connectivity index (χ4n) is 1.50. The van der Waals surface area contributed by atoms with Crippen LogP contribution in [-0.4, -0.2) is 45.0 Å². The quantitative estimate of drug-likeness (QED) is 0.642. The van der Waals surface area contributed by atoms with Crippen molar-refractivity contribution in [3.05, 3.63) is 35.6 Å². The van der Waals surface area contributed by atoms with Gasteiger partial charge in [0.1, 0.15) is 5.82 Å². The number of methoxy groups -OCH3 is 1. The monoisotopic (exact) mass is 300 g/mol. The van der Waals surface area contributed by atoms with Crippen LogP contribution in [0, 0.1) is 5.82 Å². The molecule has 0 saturated carbocycles. The molecular weight excluding hydrogens is 279 g/mol. The summed E-state index contributed by atoms with van der Waals surface area (Å²) < 4.78 is 18.2. The maximum atomic E-state index is 13.3. The Morgan fingerprint density at radius 1 is 1.35 bits per heavy atom. The lowest BCUT2D eigenvalue weighted by Gasteiger charge is -2.07. The Kier molecular flexibility index (Phi) is 9.02. The van der Waals surface area contributed by atoms with Crippen LogP contribution < -0.4 is 10.6 Å². The van der Waals surface area contributed by atoms with Crippen molar-refractivity contribution in [1.29, 1.82) is 0 Å². The first-order valence-electron chi connectivity index (χ1n) is 6.51. The lowest BCUT2D eigenvalue weighted by molar-refractivity contribution is -0.120. The van der Waals surface area contributed by atoms with Crippen molar-refractivity contribution in [3.8, 4) is 0 Å². The van der Waals surface area contributed by atoms with Crippen molar-refractivity contribution >= 4 is 17.7 Å². The third kappa shape index (κ3) is 7.47. The standard InChI is InChI=1S/C14H21FN2O2S/c1-19-8-6-16-10-14(18)17-7-9-20-11-12-4-2-3-5-13(12)15/h2-5,16H,6-11H2,1H3,(H,17,18). The van der Waals surface area contributed by atoms with Crippen molar-refractivity contribution in [1.82, 2.24) is 10.6 Å². The van der Waals surface area contributed by atoms with Crippen LogP contribution in [0.2, 0.25) is 0 Å². The Morgan fingerprint density at radius 3 is 2.90 bits per heavy atom. The SMILES string of the molecule is COCCNCC(=O)NCCSCc1ccccc1F. The van der Waals surface area contributed by atoms with Crippen molar-refractivity contribution in [2.45, 2.75) is 5.75 Å². The van der Waals surface area contributed by atoms with Gasteiger partial charge in [0.2, 0.25) is 5.91 Å². The zero-order chi connectivity index (χ0) is 14.6. The second-order valence-corrected chi connectivity index (χ2v) is 5.27. The number of carbonyl (C=O) groups excluding carboxylic acids is 1. The van der Waals surface area contributed by atoms with Crippen LogP contribution in [0.5, 0.6) is 0 Å². The van der Waals surface area contributed by atoms with E-state index >= 15 is 0 Å². The predicted octanol–water partition coefficient (Wildman–Crippen LogP) is 1.41. The van der Waals surface area contributed by atoms with Gasteiger partial charge in [-0.2, -0.15) is 11.8 Å². The van der Waals surface area contributed by atoms with Gasteiger partial charge in [-0.05, 0) is 11.6 Å². The predicted molar refractivity (Wildman–Crippen MR) is 80.3 cm³/mol. The molecule has 6 heteroatoms. The molecule has 0 unspecified atom stereocenters. The number of carbonyl (C=O) groups is 1. The van der Waals surface area contributed by atoms with Crippen LogP contribution in [0.4, 0.5) is 4.39 Å². The van der Waals surface area contributed by atoms with Crippen molar-refractivity contribution in [2.24, 2.45) is 0 Å². The topological polar surface area (TPSA) is 50.4 Å². The van der Waals surface area contributed by atoms with Crippen LogP contribution >= 0.6 is 11.8 Å². The molecule has 4 nitrogen and oxygen atoms in total. The van der Waals surface area contributed by atoms with Crippen molar-refractivity contribution in [2.75, 3.05) is 39.1 Å². The van der Waals surface area contributed by atoms with E-state index in [-0.39, 0.29) is 11.7 Å². The second-order valence-electron chi connectivity index (χ2n) is 4.16. The van der Waals surface area contributed by atoms with Crippen molar-refractivity contribution in [3.63, 3.8) is 0 Å². The Morgan fingerprint density at radius 2 is 2.15 bits per heavy atom. The molecule has 0 atom stereocenters. The number of halogens is 1. The normalized spacial score (nSPS) is 10.5. The highest BCUT2D eigenvalue weighted by atomic mass is 32.2. The molecule has 0 heterocycles. The molecule has 0 saturated heterocycles. The molecule has 0 spiro atoms. The van der Waals surface area contributed by atoms with Gasteiger partial charge in [0.25, 0.3) is 0 Å². The number of thioether (sulfide) groups is 1. The Bertz CT molecular complexity index is 405. The van der Waals surface area contributed by atoms with E-state index in [0.717, 1.165) is 5.75 Å². The zero-order valence-electron chi connectivity index (χ0n) is 11.7. The molecule has 1 rings (SSSR count). The molecule has 0 fully saturated rings. The average molecular weight is 300 g/mol. The van der Waals surface area contributed by atoms with Crippen LogP contribution in [0.25, 0.3) is 0 Å². The molecule has 112 valence electrons. The highest BCUT2D eigenvalue weighted by molar-refractivity contribution is 7.98. The van der Waals surface area contributed by atoms with Gasteiger partial charge < -0.3 is 15.4 Å². The zero-order valence-corrected chi connectivity index (χ0v) is 12.5. The van der Waals surface area contributed by atoms with E-state index in [1.807, 2.05) is 6.07 Å². The number of hydrogen-bond acceptors (Lipinski definition) is 4. The average Bonchev–Trinajstić information content (AvgIpc) is 2.45. The van der Waals surface area contributed by atoms with Crippen LogP contribution in [0.15, 0.2) is 24.3 Å². The summed E-state index contributed by atoms with van der Waals surface area (Å²) in [5.41, 5.74) is 0.699. The number of hydrogen-bond donors (Lipinski definition) is 2. The maximum Gasteiger partial charge on any atom is 0.233 e. The molecule has 0 radical (unpaired) electrons. The minimum Gasteiger partial charge on any atom is -0.383 e. The molecule has 1 aromatic carbocycles. The van der Waals surface area contributed by atoms with E-state index in [9.17, 15) is 9.18 Å². The Balaban J connectivity index is 2.02. The third-order valence-electron chi connectivity index (χ3n) is 2.55. The van der Waals surface area contributed by atoms with E-state index in [4.69, 9.17) is 4.74 Å². The van der Waals surface area contributed by atoms with E-state index in [0.29, 0.717) is 37.6 Å². The molecular formula is C14H21FN2O2S. The summed E-state index contributed by atoms with van der Waals surface area (Å²) in [7, 11) is 1.62. The first kappa shape index (κ1) is 16.9. The third-order valence-corrected chi connectivity index (χ3v) is 3.56. The lowest BCUT2D eigenvalue weighted by Crippen LogP contribution is -2.36. The first-order valence-corrected chi connectivity index (χ1v) is 7.67. The molecule has 0 aliphatic rings. The number of rotatable bonds is 10. The van der Waals surface area contributed by atoms with Crippen molar-refractivity contribution < 1.29 is 13.9 Å². The van der Waals surface area contributed by atoms with E-state index < -0.39 is 0 Å². The summed E-state index contributed by atoms with van der Waals surface area (Å²) in [6, 6.07) is 6.75. The molecule has 20 heavy (non-hydrogen) atoms. The molecule has 2 N–H and O–H groups in total.